The molecule has 22 heavy (non-hydrogen) atoms. The van der Waals surface area contributed by atoms with Gasteiger partial charge in [0, 0.05) is 12.4 Å². The highest BCUT2D eigenvalue weighted by molar-refractivity contribution is 7.98. The highest BCUT2D eigenvalue weighted by Crippen LogP contribution is 2.22. The molecular formula is C15H16N6S. The molecule has 0 aliphatic rings. The van der Waals surface area contributed by atoms with Crippen LogP contribution in [0.25, 0.3) is 5.69 Å². The third-order valence-corrected chi connectivity index (χ3v) is 4.14. The molecule has 2 aromatic heterocycles. The summed E-state index contributed by atoms with van der Waals surface area (Å²) in [6.07, 6.45) is 3.62. The molecule has 7 heteroatoms. The predicted molar refractivity (Wildman–Crippen MR) is 85.0 cm³/mol. The Labute approximate surface area is 133 Å². The van der Waals surface area contributed by atoms with E-state index in [2.05, 4.69) is 51.5 Å². The Morgan fingerprint density at radius 3 is 2.41 bits per heavy atom. The van der Waals surface area contributed by atoms with Gasteiger partial charge in [0.05, 0.1) is 11.4 Å². The van der Waals surface area contributed by atoms with Gasteiger partial charge in [-0.1, -0.05) is 30.0 Å². The highest BCUT2D eigenvalue weighted by Gasteiger charge is 2.13. The minimum absolute atomic E-state index is 0.615. The van der Waals surface area contributed by atoms with Gasteiger partial charge < -0.3 is 0 Å². The van der Waals surface area contributed by atoms with E-state index in [9.17, 15) is 0 Å². The first-order chi connectivity index (χ1) is 10.6. The maximum atomic E-state index is 4.29. The number of nitrogens with zero attached hydrogens (tertiary/aromatic N) is 6. The fourth-order valence-electron chi connectivity index (χ4n) is 2.19. The van der Waals surface area contributed by atoms with Crippen LogP contribution in [0.5, 0.6) is 0 Å². The Morgan fingerprint density at radius 2 is 1.73 bits per heavy atom. The fourth-order valence-corrected chi connectivity index (χ4v) is 2.89. The first kappa shape index (κ1) is 14.6. The molecule has 3 rings (SSSR count). The van der Waals surface area contributed by atoms with Crippen LogP contribution >= 0.6 is 11.8 Å². The van der Waals surface area contributed by atoms with E-state index in [-0.39, 0.29) is 0 Å². The Hall–Kier alpha value is -2.28. The number of para-hydroxylation sites is 1. The van der Waals surface area contributed by atoms with Gasteiger partial charge in [0.25, 0.3) is 0 Å². The molecule has 0 amide bonds. The molecule has 0 N–H and O–H groups in total. The molecule has 0 unspecified atom stereocenters. The first-order valence-electron chi connectivity index (χ1n) is 6.90. The summed E-state index contributed by atoms with van der Waals surface area (Å²) < 4.78 is 1.80. The second-order valence-electron chi connectivity index (χ2n) is 5.08. The molecule has 0 aliphatic carbocycles. The Kier molecular flexibility index (Phi) is 4.15. The summed E-state index contributed by atoms with van der Waals surface area (Å²) in [5, 5.41) is 12.8. The third kappa shape index (κ3) is 2.99. The average Bonchev–Trinajstić information content (AvgIpc) is 2.95. The van der Waals surface area contributed by atoms with Crippen molar-refractivity contribution in [3.63, 3.8) is 0 Å². The van der Waals surface area contributed by atoms with Crippen LogP contribution in [0.2, 0.25) is 0 Å². The number of thioether (sulfide) groups is 1. The summed E-state index contributed by atoms with van der Waals surface area (Å²) in [4.78, 5) is 8.58. The molecular weight excluding hydrogens is 296 g/mol. The van der Waals surface area contributed by atoms with E-state index in [4.69, 9.17) is 0 Å². The zero-order chi connectivity index (χ0) is 15.5. The lowest BCUT2D eigenvalue weighted by Crippen LogP contribution is -2.06. The van der Waals surface area contributed by atoms with E-state index < -0.39 is 0 Å². The Morgan fingerprint density at radius 1 is 1.05 bits per heavy atom. The van der Waals surface area contributed by atoms with Crippen LogP contribution in [0.15, 0.2) is 35.7 Å². The van der Waals surface area contributed by atoms with Gasteiger partial charge in [-0.05, 0) is 47.9 Å². The molecule has 0 aliphatic heterocycles. The van der Waals surface area contributed by atoms with Crippen molar-refractivity contribution in [2.24, 2.45) is 0 Å². The largest absolute Gasteiger partial charge is 0.231 e. The molecule has 0 saturated heterocycles. The average molecular weight is 312 g/mol. The van der Waals surface area contributed by atoms with E-state index in [1.54, 1.807) is 4.68 Å². The van der Waals surface area contributed by atoms with Crippen LogP contribution in [-0.4, -0.2) is 30.2 Å². The number of hydrogen-bond acceptors (Lipinski definition) is 6. The number of aryl methyl sites for hydroxylation is 3. The number of tetrazole rings is 1. The van der Waals surface area contributed by atoms with Crippen LogP contribution in [0.3, 0.4) is 0 Å². The van der Waals surface area contributed by atoms with Crippen LogP contribution in [0.4, 0.5) is 0 Å². The molecule has 0 atom stereocenters. The van der Waals surface area contributed by atoms with Crippen molar-refractivity contribution in [1.82, 2.24) is 30.2 Å². The minimum atomic E-state index is 0.615. The molecule has 3 aromatic rings. The summed E-state index contributed by atoms with van der Waals surface area (Å²) in [7, 11) is 0. The Bertz CT molecular complexity index is 761. The van der Waals surface area contributed by atoms with Gasteiger partial charge >= 0.3 is 0 Å². The number of rotatable bonds is 4. The number of hydrogen-bond donors (Lipinski definition) is 0. The minimum Gasteiger partial charge on any atom is -0.231 e. The maximum Gasteiger partial charge on any atom is 0.187 e. The zero-order valence-corrected chi connectivity index (χ0v) is 13.5. The summed E-state index contributed by atoms with van der Waals surface area (Å²) >= 11 is 1.52. The standard InChI is InChI=1S/C15H16N6S/c1-10-7-16-15(17-8-10)22-9-13-18-19-20-21(13)14-11(2)5-4-6-12(14)3/h4-8H,9H2,1-3H3. The Balaban J connectivity index is 1.85. The summed E-state index contributed by atoms with van der Waals surface area (Å²) in [6, 6.07) is 6.15. The van der Waals surface area contributed by atoms with Crippen molar-refractivity contribution in [2.75, 3.05) is 0 Å². The third-order valence-electron chi connectivity index (χ3n) is 3.27. The smallest absolute Gasteiger partial charge is 0.187 e. The van der Waals surface area contributed by atoms with E-state index in [1.165, 1.54) is 11.8 Å². The van der Waals surface area contributed by atoms with Crippen molar-refractivity contribution < 1.29 is 0 Å². The zero-order valence-electron chi connectivity index (χ0n) is 12.7. The van der Waals surface area contributed by atoms with Crippen LogP contribution in [0, 0.1) is 20.8 Å². The first-order valence-corrected chi connectivity index (χ1v) is 7.89. The van der Waals surface area contributed by atoms with Gasteiger partial charge in [-0.2, -0.15) is 4.68 Å². The van der Waals surface area contributed by atoms with Crippen molar-refractivity contribution >= 4 is 11.8 Å². The van der Waals surface area contributed by atoms with Gasteiger partial charge in [0.15, 0.2) is 11.0 Å². The SMILES string of the molecule is Cc1cnc(SCc2nnnn2-c2c(C)cccc2C)nc1. The van der Waals surface area contributed by atoms with Gasteiger partial charge in [-0.15, -0.1) is 5.10 Å². The van der Waals surface area contributed by atoms with Gasteiger partial charge in [0.2, 0.25) is 0 Å². The van der Waals surface area contributed by atoms with E-state index in [1.807, 2.05) is 25.4 Å². The predicted octanol–water partition coefficient (Wildman–Crippen LogP) is 2.67. The van der Waals surface area contributed by atoms with Gasteiger partial charge in [0.1, 0.15) is 0 Å². The molecule has 0 bridgehead atoms. The fraction of sp³-hybridized carbons (Fsp3) is 0.267. The normalized spacial score (nSPS) is 10.9. The molecule has 2 heterocycles. The van der Waals surface area contributed by atoms with Gasteiger partial charge in [-0.25, -0.2) is 9.97 Å². The lowest BCUT2D eigenvalue weighted by atomic mass is 10.1. The second kappa shape index (κ2) is 6.23. The quantitative estimate of drug-likeness (QED) is 0.545. The summed E-state index contributed by atoms with van der Waals surface area (Å²) in [5.74, 6) is 1.40. The monoisotopic (exact) mass is 312 g/mol. The summed E-state index contributed by atoms with van der Waals surface area (Å²) in [6.45, 7) is 6.09. The lowest BCUT2D eigenvalue weighted by molar-refractivity contribution is 0.769. The van der Waals surface area contributed by atoms with Crippen LogP contribution in [-0.2, 0) is 5.75 Å². The lowest BCUT2D eigenvalue weighted by Gasteiger charge is -2.10. The molecule has 0 spiro atoms. The van der Waals surface area contributed by atoms with E-state index in [0.717, 1.165) is 33.4 Å². The summed E-state index contributed by atoms with van der Waals surface area (Å²) in [5.41, 5.74) is 4.37. The van der Waals surface area contributed by atoms with E-state index in [0.29, 0.717) is 5.75 Å². The van der Waals surface area contributed by atoms with Crippen molar-refractivity contribution in [3.8, 4) is 5.69 Å². The molecule has 0 fully saturated rings. The molecule has 0 radical (unpaired) electrons. The molecule has 112 valence electrons. The van der Waals surface area contributed by atoms with Crippen molar-refractivity contribution in [3.05, 3.63) is 53.1 Å². The topological polar surface area (TPSA) is 69.4 Å². The van der Waals surface area contributed by atoms with Crippen LogP contribution < -0.4 is 0 Å². The maximum absolute atomic E-state index is 4.29. The van der Waals surface area contributed by atoms with Gasteiger partial charge in [-0.3, -0.25) is 0 Å². The highest BCUT2D eigenvalue weighted by atomic mass is 32.2. The second-order valence-corrected chi connectivity index (χ2v) is 6.02. The van der Waals surface area contributed by atoms with E-state index >= 15 is 0 Å². The number of aromatic nitrogens is 6. The molecule has 1 aromatic carbocycles. The van der Waals surface area contributed by atoms with Crippen molar-refractivity contribution in [2.45, 2.75) is 31.7 Å². The number of benzene rings is 1. The van der Waals surface area contributed by atoms with Crippen molar-refractivity contribution in [1.29, 1.82) is 0 Å². The van der Waals surface area contributed by atoms with Crippen LogP contribution in [0.1, 0.15) is 22.5 Å². The molecule has 0 saturated carbocycles. The molecule has 6 nitrogen and oxygen atoms in total.